The summed E-state index contributed by atoms with van der Waals surface area (Å²) in [7, 11) is 0. The summed E-state index contributed by atoms with van der Waals surface area (Å²) in [6.07, 6.45) is 0.596. The summed E-state index contributed by atoms with van der Waals surface area (Å²) in [6, 6.07) is 9.97. The first-order chi connectivity index (χ1) is 9.10. The molecule has 2 aromatic rings. The monoisotopic (exact) mass is 258 g/mol. The van der Waals surface area contributed by atoms with E-state index in [1.54, 1.807) is 0 Å². The van der Waals surface area contributed by atoms with E-state index >= 15 is 0 Å². The van der Waals surface area contributed by atoms with Gasteiger partial charge < -0.3 is 4.74 Å². The van der Waals surface area contributed by atoms with Gasteiger partial charge in [-0.3, -0.25) is 4.79 Å². The Hall–Kier alpha value is -2.16. The molecule has 0 aromatic heterocycles. The van der Waals surface area contributed by atoms with Crippen LogP contribution < -0.4 is 4.74 Å². The van der Waals surface area contributed by atoms with Crippen LogP contribution in [-0.2, 0) is 6.61 Å². The van der Waals surface area contributed by atoms with Gasteiger partial charge in [0.15, 0.2) is 6.29 Å². The Balaban J connectivity index is 2.14. The molecule has 0 radical (unpaired) electrons. The molecule has 19 heavy (non-hydrogen) atoms. The highest BCUT2D eigenvalue weighted by Crippen LogP contribution is 2.20. The SMILES string of the molecule is Cc1ccc(COc2ccc(F)cc2C=O)cc1C. The van der Waals surface area contributed by atoms with Crippen molar-refractivity contribution in [2.24, 2.45) is 0 Å². The van der Waals surface area contributed by atoms with Crippen LogP contribution in [0.15, 0.2) is 36.4 Å². The quantitative estimate of drug-likeness (QED) is 0.779. The molecule has 2 aromatic carbocycles. The summed E-state index contributed by atoms with van der Waals surface area (Å²) >= 11 is 0. The van der Waals surface area contributed by atoms with Crippen molar-refractivity contribution in [3.8, 4) is 5.75 Å². The van der Waals surface area contributed by atoms with E-state index in [-0.39, 0.29) is 5.56 Å². The molecular weight excluding hydrogens is 243 g/mol. The number of halogens is 1. The molecule has 0 fully saturated rings. The second kappa shape index (κ2) is 5.65. The van der Waals surface area contributed by atoms with Gasteiger partial charge in [-0.2, -0.15) is 0 Å². The Labute approximate surface area is 111 Å². The predicted molar refractivity (Wildman–Crippen MR) is 72.0 cm³/mol. The molecular formula is C16H15FO2. The summed E-state index contributed by atoms with van der Waals surface area (Å²) in [4.78, 5) is 10.8. The van der Waals surface area contributed by atoms with E-state index in [0.717, 1.165) is 5.56 Å². The van der Waals surface area contributed by atoms with Crippen LogP contribution in [-0.4, -0.2) is 6.29 Å². The lowest BCUT2D eigenvalue weighted by atomic mass is 10.1. The van der Waals surface area contributed by atoms with Gasteiger partial charge in [-0.15, -0.1) is 0 Å². The Bertz CT molecular complexity index is 606. The third-order valence-electron chi connectivity index (χ3n) is 3.06. The van der Waals surface area contributed by atoms with Crippen LogP contribution in [0.2, 0.25) is 0 Å². The maximum Gasteiger partial charge on any atom is 0.153 e. The van der Waals surface area contributed by atoms with E-state index in [2.05, 4.69) is 0 Å². The topological polar surface area (TPSA) is 26.3 Å². The van der Waals surface area contributed by atoms with E-state index in [0.29, 0.717) is 18.6 Å². The highest BCUT2D eigenvalue weighted by molar-refractivity contribution is 5.79. The molecule has 0 bridgehead atoms. The number of rotatable bonds is 4. The van der Waals surface area contributed by atoms with Crippen LogP contribution >= 0.6 is 0 Å². The smallest absolute Gasteiger partial charge is 0.153 e. The molecule has 0 atom stereocenters. The standard InChI is InChI=1S/C16H15FO2/c1-11-3-4-13(7-12(11)2)10-19-16-6-5-15(17)8-14(16)9-18/h3-9H,10H2,1-2H3. The molecule has 0 N–H and O–H groups in total. The number of hydrogen-bond acceptors (Lipinski definition) is 2. The minimum atomic E-state index is -0.444. The lowest BCUT2D eigenvalue weighted by Gasteiger charge is -2.10. The normalized spacial score (nSPS) is 10.3. The molecule has 0 amide bonds. The van der Waals surface area contributed by atoms with E-state index in [4.69, 9.17) is 4.74 Å². The maximum atomic E-state index is 13.0. The minimum Gasteiger partial charge on any atom is -0.488 e. The maximum absolute atomic E-state index is 13.0. The minimum absolute atomic E-state index is 0.226. The third kappa shape index (κ3) is 3.19. The Kier molecular flexibility index (Phi) is 3.95. The zero-order chi connectivity index (χ0) is 13.8. The van der Waals surface area contributed by atoms with Crippen molar-refractivity contribution >= 4 is 6.29 Å². The predicted octanol–water partition coefficient (Wildman–Crippen LogP) is 3.83. The summed E-state index contributed by atoms with van der Waals surface area (Å²) in [5.74, 6) is -0.0461. The summed E-state index contributed by atoms with van der Waals surface area (Å²) in [6.45, 7) is 4.44. The van der Waals surface area contributed by atoms with Crippen LogP contribution in [0.5, 0.6) is 5.75 Å². The van der Waals surface area contributed by atoms with E-state index in [1.807, 2.05) is 32.0 Å². The first-order valence-corrected chi connectivity index (χ1v) is 6.04. The van der Waals surface area contributed by atoms with Crippen molar-refractivity contribution in [1.82, 2.24) is 0 Å². The number of aldehydes is 1. The van der Waals surface area contributed by atoms with E-state index in [1.165, 1.54) is 29.3 Å². The number of carbonyl (C=O) groups is 1. The second-order valence-electron chi connectivity index (χ2n) is 4.51. The molecule has 2 rings (SSSR count). The number of benzene rings is 2. The highest BCUT2D eigenvalue weighted by Gasteiger charge is 2.05. The first kappa shape index (κ1) is 13.3. The fraction of sp³-hybridized carbons (Fsp3) is 0.188. The van der Waals surface area contributed by atoms with Crippen LogP contribution in [0.25, 0.3) is 0 Å². The number of aryl methyl sites for hydroxylation is 2. The molecule has 2 nitrogen and oxygen atoms in total. The fourth-order valence-corrected chi connectivity index (χ4v) is 1.80. The third-order valence-corrected chi connectivity index (χ3v) is 3.06. The van der Waals surface area contributed by atoms with Crippen LogP contribution in [0.1, 0.15) is 27.0 Å². The zero-order valence-corrected chi connectivity index (χ0v) is 10.9. The summed E-state index contributed by atoms with van der Waals surface area (Å²) in [5, 5.41) is 0. The van der Waals surface area contributed by atoms with Gasteiger partial charge in [0.1, 0.15) is 18.2 Å². The molecule has 0 saturated heterocycles. The van der Waals surface area contributed by atoms with Gasteiger partial charge in [0.25, 0.3) is 0 Å². The van der Waals surface area contributed by atoms with Gasteiger partial charge in [0, 0.05) is 0 Å². The van der Waals surface area contributed by atoms with E-state index < -0.39 is 5.82 Å². The van der Waals surface area contributed by atoms with Crippen molar-refractivity contribution < 1.29 is 13.9 Å². The molecule has 98 valence electrons. The van der Waals surface area contributed by atoms with Gasteiger partial charge in [-0.25, -0.2) is 4.39 Å². The van der Waals surface area contributed by atoms with Crippen molar-refractivity contribution in [1.29, 1.82) is 0 Å². The number of ether oxygens (including phenoxy) is 1. The van der Waals surface area contributed by atoms with E-state index in [9.17, 15) is 9.18 Å². The van der Waals surface area contributed by atoms with Gasteiger partial charge >= 0.3 is 0 Å². The Morgan fingerprint density at radius 3 is 2.58 bits per heavy atom. The van der Waals surface area contributed by atoms with Gasteiger partial charge in [-0.05, 0) is 48.7 Å². The summed E-state index contributed by atoms with van der Waals surface area (Å²) in [5.41, 5.74) is 3.66. The van der Waals surface area contributed by atoms with Crippen molar-refractivity contribution in [2.45, 2.75) is 20.5 Å². The largest absolute Gasteiger partial charge is 0.488 e. The lowest BCUT2D eigenvalue weighted by molar-refractivity contribution is 0.111. The molecule has 0 unspecified atom stereocenters. The van der Waals surface area contributed by atoms with Gasteiger partial charge in [0.05, 0.1) is 5.56 Å². The van der Waals surface area contributed by atoms with Gasteiger partial charge in [0.2, 0.25) is 0 Å². The van der Waals surface area contributed by atoms with Crippen molar-refractivity contribution in [3.63, 3.8) is 0 Å². The molecule has 0 heterocycles. The average molecular weight is 258 g/mol. The van der Waals surface area contributed by atoms with Gasteiger partial charge in [-0.1, -0.05) is 18.2 Å². The summed E-state index contributed by atoms with van der Waals surface area (Å²) < 4.78 is 18.5. The van der Waals surface area contributed by atoms with Crippen molar-refractivity contribution in [3.05, 3.63) is 64.5 Å². The fourth-order valence-electron chi connectivity index (χ4n) is 1.80. The second-order valence-corrected chi connectivity index (χ2v) is 4.51. The Morgan fingerprint density at radius 2 is 1.89 bits per heavy atom. The highest BCUT2D eigenvalue weighted by atomic mass is 19.1. The van der Waals surface area contributed by atoms with Crippen LogP contribution in [0, 0.1) is 19.7 Å². The molecule has 0 saturated carbocycles. The van der Waals surface area contributed by atoms with Crippen LogP contribution in [0.3, 0.4) is 0 Å². The molecule has 0 aliphatic carbocycles. The molecule has 3 heteroatoms. The molecule has 0 aliphatic rings. The van der Waals surface area contributed by atoms with Crippen molar-refractivity contribution in [2.75, 3.05) is 0 Å². The Morgan fingerprint density at radius 1 is 1.11 bits per heavy atom. The lowest BCUT2D eigenvalue weighted by Crippen LogP contribution is -1.99. The molecule has 0 aliphatic heterocycles. The number of carbonyl (C=O) groups excluding carboxylic acids is 1. The molecule has 0 spiro atoms. The number of hydrogen-bond donors (Lipinski definition) is 0. The zero-order valence-electron chi connectivity index (χ0n) is 10.9. The average Bonchev–Trinajstić information content (AvgIpc) is 2.41. The first-order valence-electron chi connectivity index (χ1n) is 6.04. The van der Waals surface area contributed by atoms with Crippen LogP contribution in [0.4, 0.5) is 4.39 Å².